The van der Waals surface area contributed by atoms with Gasteiger partial charge in [-0.15, -0.1) is 0 Å². The summed E-state index contributed by atoms with van der Waals surface area (Å²) in [6.07, 6.45) is 1.70. The quantitative estimate of drug-likeness (QED) is 0.435. The third kappa shape index (κ3) is 8.69. The summed E-state index contributed by atoms with van der Waals surface area (Å²) in [6.45, 7) is 10.9. The molecule has 0 spiro atoms. The Hall–Kier alpha value is -2.80. The number of amides is 1. The molecule has 0 bridgehead atoms. The van der Waals surface area contributed by atoms with Crippen molar-refractivity contribution in [1.82, 2.24) is 20.9 Å². The minimum absolute atomic E-state index is 0.0620. The zero-order chi connectivity index (χ0) is 22.0. The van der Waals surface area contributed by atoms with Gasteiger partial charge in [-0.1, -0.05) is 24.3 Å². The molecular weight excluding hydrogens is 378 g/mol. The molecule has 0 aliphatic heterocycles. The van der Waals surface area contributed by atoms with Crippen LogP contribution in [0.15, 0.2) is 52.1 Å². The van der Waals surface area contributed by atoms with E-state index in [0.717, 1.165) is 31.0 Å². The summed E-state index contributed by atoms with van der Waals surface area (Å²) in [5.74, 6) is 1.51. The largest absolute Gasteiger partial charge is 0.468 e. The number of nitrogens with zero attached hydrogens (tertiary/aromatic N) is 2. The summed E-state index contributed by atoms with van der Waals surface area (Å²) in [4.78, 5) is 19.0. The van der Waals surface area contributed by atoms with Crippen molar-refractivity contribution >= 4 is 11.9 Å². The normalized spacial score (nSPS) is 12.1. The van der Waals surface area contributed by atoms with Crippen LogP contribution in [-0.4, -0.2) is 42.4 Å². The minimum atomic E-state index is -0.255. The van der Waals surface area contributed by atoms with E-state index >= 15 is 0 Å². The number of hydrogen-bond acceptors (Lipinski definition) is 4. The van der Waals surface area contributed by atoms with Gasteiger partial charge in [0.1, 0.15) is 5.76 Å². The van der Waals surface area contributed by atoms with Gasteiger partial charge < -0.3 is 20.4 Å². The number of benzene rings is 1. The molecule has 2 rings (SSSR count). The number of hydrogen-bond donors (Lipinski definition) is 3. The Morgan fingerprint density at radius 3 is 2.43 bits per heavy atom. The minimum Gasteiger partial charge on any atom is -0.468 e. The van der Waals surface area contributed by atoms with Crippen LogP contribution in [0.25, 0.3) is 0 Å². The first-order valence-electron chi connectivity index (χ1n) is 10.4. The molecule has 0 aliphatic rings. The second-order valence-corrected chi connectivity index (χ2v) is 8.37. The molecule has 3 N–H and O–H groups in total. The van der Waals surface area contributed by atoms with Crippen LogP contribution < -0.4 is 16.0 Å². The summed E-state index contributed by atoms with van der Waals surface area (Å²) in [5.41, 5.74) is 2.12. The first kappa shape index (κ1) is 23.5. The number of nitrogens with one attached hydrogen (secondary N) is 3. The average Bonchev–Trinajstić information content (AvgIpc) is 3.16. The lowest BCUT2D eigenvalue weighted by Crippen LogP contribution is -2.48. The molecular formula is C23H35N5O2. The van der Waals surface area contributed by atoms with Crippen LogP contribution in [0.5, 0.6) is 0 Å². The monoisotopic (exact) mass is 413 g/mol. The smallest absolute Gasteiger partial charge is 0.239 e. The summed E-state index contributed by atoms with van der Waals surface area (Å²) < 4.78 is 5.44. The molecule has 0 fully saturated rings. The van der Waals surface area contributed by atoms with Crippen molar-refractivity contribution in [3.8, 4) is 0 Å². The molecule has 1 aromatic carbocycles. The van der Waals surface area contributed by atoms with E-state index in [9.17, 15) is 4.79 Å². The van der Waals surface area contributed by atoms with E-state index in [2.05, 4.69) is 45.0 Å². The summed E-state index contributed by atoms with van der Waals surface area (Å²) in [6, 6.07) is 12.2. The maximum absolute atomic E-state index is 12.1. The van der Waals surface area contributed by atoms with Gasteiger partial charge in [0.2, 0.25) is 5.91 Å². The Bertz CT molecular complexity index is 809. The van der Waals surface area contributed by atoms with Gasteiger partial charge in [0.15, 0.2) is 5.96 Å². The van der Waals surface area contributed by atoms with Gasteiger partial charge in [0.25, 0.3) is 0 Å². The second kappa shape index (κ2) is 11.4. The van der Waals surface area contributed by atoms with E-state index in [-0.39, 0.29) is 18.0 Å². The maximum Gasteiger partial charge on any atom is 0.239 e. The first-order valence-corrected chi connectivity index (χ1v) is 10.4. The van der Waals surface area contributed by atoms with Crippen molar-refractivity contribution in [2.75, 3.05) is 20.1 Å². The molecule has 2 aromatic rings. The summed E-state index contributed by atoms with van der Waals surface area (Å²) in [5, 5.41) is 9.25. The van der Waals surface area contributed by atoms with Crippen LogP contribution in [0.2, 0.25) is 0 Å². The topological polar surface area (TPSA) is 81.9 Å². The molecule has 30 heavy (non-hydrogen) atoms. The highest BCUT2D eigenvalue weighted by Crippen LogP contribution is 2.14. The van der Waals surface area contributed by atoms with E-state index in [1.807, 2.05) is 52.0 Å². The third-order valence-corrected chi connectivity index (χ3v) is 4.25. The number of guanidine groups is 1. The number of carbonyl (C=O) groups excluding carboxylic acids is 1. The lowest BCUT2D eigenvalue weighted by molar-refractivity contribution is -0.121. The zero-order valence-electron chi connectivity index (χ0n) is 18.8. The van der Waals surface area contributed by atoms with Gasteiger partial charge in [-0.3, -0.25) is 9.69 Å². The molecule has 0 unspecified atom stereocenters. The zero-order valence-corrected chi connectivity index (χ0v) is 18.8. The van der Waals surface area contributed by atoms with Crippen LogP contribution in [0.4, 0.5) is 0 Å². The molecule has 0 saturated carbocycles. The van der Waals surface area contributed by atoms with Crippen molar-refractivity contribution < 1.29 is 9.21 Å². The number of aliphatic imine (C=N–C) groups is 1. The first-order chi connectivity index (χ1) is 14.3. The molecule has 1 heterocycles. The van der Waals surface area contributed by atoms with Gasteiger partial charge in [-0.05, 0) is 58.0 Å². The van der Waals surface area contributed by atoms with Crippen molar-refractivity contribution in [3.63, 3.8) is 0 Å². The number of carbonyl (C=O) groups is 1. The van der Waals surface area contributed by atoms with Crippen LogP contribution >= 0.6 is 0 Å². The van der Waals surface area contributed by atoms with E-state index in [1.165, 1.54) is 5.56 Å². The van der Waals surface area contributed by atoms with Gasteiger partial charge in [-0.25, -0.2) is 4.99 Å². The van der Waals surface area contributed by atoms with Crippen molar-refractivity contribution in [3.05, 3.63) is 59.5 Å². The number of rotatable bonds is 9. The molecule has 0 radical (unpaired) electrons. The van der Waals surface area contributed by atoms with E-state index in [4.69, 9.17) is 4.42 Å². The fourth-order valence-corrected chi connectivity index (χ4v) is 3.01. The molecule has 0 aliphatic carbocycles. The lowest BCUT2D eigenvalue weighted by Gasteiger charge is -2.21. The Morgan fingerprint density at radius 2 is 1.80 bits per heavy atom. The van der Waals surface area contributed by atoms with Crippen molar-refractivity contribution in [1.29, 1.82) is 0 Å². The highest BCUT2D eigenvalue weighted by atomic mass is 16.3. The maximum atomic E-state index is 12.1. The Balaban J connectivity index is 1.98. The fraction of sp³-hybridized carbons (Fsp3) is 0.478. The molecule has 1 aromatic heterocycles. The van der Waals surface area contributed by atoms with Gasteiger partial charge in [0, 0.05) is 18.6 Å². The molecule has 7 heteroatoms. The van der Waals surface area contributed by atoms with Crippen LogP contribution in [0, 0.1) is 0 Å². The molecule has 1 amide bonds. The molecule has 0 saturated heterocycles. The van der Waals surface area contributed by atoms with Crippen molar-refractivity contribution in [2.24, 2.45) is 4.99 Å². The predicted molar refractivity (Wildman–Crippen MR) is 121 cm³/mol. The second-order valence-electron chi connectivity index (χ2n) is 8.37. The van der Waals surface area contributed by atoms with Gasteiger partial charge in [0.05, 0.1) is 25.9 Å². The number of furan rings is 1. The van der Waals surface area contributed by atoms with Crippen LogP contribution in [0.3, 0.4) is 0 Å². The average molecular weight is 414 g/mol. The van der Waals surface area contributed by atoms with E-state index < -0.39 is 0 Å². The van der Waals surface area contributed by atoms with E-state index in [0.29, 0.717) is 12.5 Å². The van der Waals surface area contributed by atoms with Crippen LogP contribution in [0.1, 0.15) is 44.6 Å². The summed E-state index contributed by atoms with van der Waals surface area (Å²) in [7, 11) is 2.07. The highest BCUT2D eigenvalue weighted by molar-refractivity contribution is 5.86. The Kier molecular flexibility index (Phi) is 8.92. The molecule has 0 atom stereocenters. The molecule has 164 valence electrons. The fourth-order valence-electron chi connectivity index (χ4n) is 3.01. The lowest BCUT2D eigenvalue weighted by atomic mass is 10.1. The SMILES string of the molecule is CCNC(=NCc1ccccc1CN(C)Cc1ccco1)NCC(=O)NC(C)(C)C. The van der Waals surface area contributed by atoms with Crippen LogP contribution in [-0.2, 0) is 24.4 Å². The Morgan fingerprint density at radius 1 is 1.07 bits per heavy atom. The van der Waals surface area contributed by atoms with Gasteiger partial charge >= 0.3 is 0 Å². The standard InChI is InChI=1S/C23H35N5O2/c1-6-24-22(26-15-21(29)27-23(2,3)4)25-14-18-10-7-8-11-19(18)16-28(5)17-20-12-9-13-30-20/h7-13H,6,14-17H2,1-5H3,(H,27,29)(H2,24,25,26). The van der Waals surface area contributed by atoms with Gasteiger partial charge in [-0.2, -0.15) is 0 Å². The predicted octanol–water partition coefficient (Wildman–Crippen LogP) is 2.88. The highest BCUT2D eigenvalue weighted by Gasteiger charge is 2.14. The third-order valence-electron chi connectivity index (χ3n) is 4.25. The Labute approximate surface area is 179 Å². The van der Waals surface area contributed by atoms with E-state index in [1.54, 1.807) is 6.26 Å². The summed E-state index contributed by atoms with van der Waals surface area (Å²) >= 11 is 0. The molecule has 7 nitrogen and oxygen atoms in total. The van der Waals surface area contributed by atoms with Crippen molar-refractivity contribution in [2.45, 2.75) is 52.9 Å².